The summed E-state index contributed by atoms with van der Waals surface area (Å²) < 4.78 is 5.29. The lowest BCUT2D eigenvalue weighted by Crippen LogP contribution is -2.39. The van der Waals surface area contributed by atoms with Gasteiger partial charge in [0.05, 0.1) is 18.1 Å². The Morgan fingerprint density at radius 1 is 1.79 bits per heavy atom. The Morgan fingerprint density at radius 2 is 2.50 bits per heavy atom. The third-order valence-corrected chi connectivity index (χ3v) is 2.59. The average molecular weight is 196 g/mol. The smallest absolute Gasteiger partial charge is 0.226 e. The number of amides is 1. The summed E-state index contributed by atoms with van der Waals surface area (Å²) >= 11 is 0. The minimum absolute atomic E-state index is 0.0220. The quantitative estimate of drug-likeness (QED) is 0.727. The summed E-state index contributed by atoms with van der Waals surface area (Å²) in [6, 6.07) is 1.68. The van der Waals surface area contributed by atoms with E-state index >= 15 is 0 Å². The van der Waals surface area contributed by atoms with E-state index in [9.17, 15) is 4.79 Å². The second kappa shape index (κ2) is 4.97. The summed E-state index contributed by atoms with van der Waals surface area (Å²) in [5.74, 6) is -0.138. The first-order chi connectivity index (χ1) is 6.69. The molecule has 0 spiro atoms. The van der Waals surface area contributed by atoms with E-state index in [4.69, 9.17) is 10.00 Å². The van der Waals surface area contributed by atoms with Crippen LogP contribution < -0.4 is 5.32 Å². The van der Waals surface area contributed by atoms with Crippen molar-refractivity contribution in [3.05, 3.63) is 0 Å². The van der Waals surface area contributed by atoms with E-state index in [1.54, 1.807) is 0 Å². The molecular weight excluding hydrogens is 180 g/mol. The molecule has 1 fully saturated rings. The molecular formula is C10H16N2O2. The van der Waals surface area contributed by atoms with Gasteiger partial charge in [-0.05, 0) is 19.8 Å². The maximum absolute atomic E-state index is 11.6. The standard InChI is InChI=1S/C10H16N2O2/c1-3-8(6-11)12-10(13)9-4-5-14-7(9)2/h7-9H,3-5H2,1-2H3,(H,12,13). The van der Waals surface area contributed by atoms with Crippen LogP contribution in [0.3, 0.4) is 0 Å². The summed E-state index contributed by atoms with van der Waals surface area (Å²) in [5.41, 5.74) is 0. The Balaban J connectivity index is 2.45. The molecule has 1 N–H and O–H groups in total. The maximum Gasteiger partial charge on any atom is 0.226 e. The van der Waals surface area contributed by atoms with Crippen LogP contribution in [0.1, 0.15) is 26.7 Å². The Hall–Kier alpha value is -1.08. The van der Waals surface area contributed by atoms with Crippen molar-refractivity contribution in [2.45, 2.75) is 38.8 Å². The van der Waals surface area contributed by atoms with Crippen molar-refractivity contribution in [2.24, 2.45) is 5.92 Å². The molecule has 1 rings (SSSR count). The number of nitriles is 1. The highest BCUT2D eigenvalue weighted by atomic mass is 16.5. The van der Waals surface area contributed by atoms with E-state index in [1.807, 2.05) is 19.9 Å². The molecule has 3 atom stereocenters. The average Bonchev–Trinajstić information content (AvgIpc) is 2.60. The van der Waals surface area contributed by atoms with Crippen molar-refractivity contribution >= 4 is 5.91 Å². The van der Waals surface area contributed by atoms with Gasteiger partial charge in [-0.15, -0.1) is 0 Å². The summed E-state index contributed by atoms with van der Waals surface area (Å²) in [6.07, 6.45) is 1.38. The summed E-state index contributed by atoms with van der Waals surface area (Å²) in [7, 11) is 0. The molecule has 1 aliphatic rings. The van der Waals surface area contributed by atoms with E-state index in [-0.39, 0.29) is 24.0 Å². The first-order valence-corrected chi connectivity index (χ1v) is 5.00. The number of carbonyl (C=O) groups is 1. The van der Waals surface area contributed by atoms with Crippen molar-refractivity contribution in [1.29, 1.82) is 5.26 Å². The number of hydrogen-bond acceptors (Lipinski definition) is 3. The third-order valence-electron chi connectivity index (χ3n) is 2.59. The van der Waals surface area contributed by atoms with Gasteiger partial charge in [0.25, 0.3) is 0 Å². The summed E-state index contributed by atoms with van der Waals surface area (Å²) in [4.78, 5) is 11.6. The minimum atomic E-state index is -0.365. The molecule has 0 saturated carbocycles. The van der Waals surface area contributed by atoms with E-state index in [1.165, 1.54) is 0 Å². The van der Waals surface area contributed by atoms with Crippen LogP contribution in [0.4, 0.5) is 0 Å². The van der Waals surface area contributed by atoms with Gasteiger partial charge in [0, 0.05) is 6.61 Å². The first kappa shape index (κ1) is 11.0. The molecule has 3 unspecified atom stereocenters. The maximum atomic E-state index is 11.6. The van der Waals surface area contributed by atoms with Crippen LogP contribution in [0.15, 0.2) is 0 Å². The molecule has 0 aromatic rings. The fraction of sp³-hybridized carbons (Fsp3) is 0.800. The molecule has 1 aliphatic heterocycles. The number of rotatable bonds is 3. The molecule has 4 nitrogen and oxygen atoms in total. The largest absolute Gasteiger partial charge is 0.378 e. The lowest BCUT2D eigenvalue weighted by molar-refractivity contribution is -0.126. The van der Waals surface area contributed by atoms with Gasteiger partial charge in [-0.3, -0.25) is 4.79 Å². The minimum Gasteiger partial charge on any atom is -0.378 e. The number of nitrogens with zero attached hydrogens (tertiary/aromatic N) is 1. The number of carbonyl (C=O) groups excluding carboxylic acids is 1. The Bertz CT molecular complexity index is 247. The van der Waals surface area contributed by atoms with Crippen LogP contribution in [0.25, 0.3) is 0 Å². The van der Waals surface area contributed by atoms with Crippen LogP contribution in [-0.2, 0) is 9.53 Å². The van der Waals surface area contributed by atoms with Crippen LogP contribution in [0, 0.1) is 17.2 Å². The Kier molecular flexibility index (Phi) is 3.90. The Morgan fingerprint density at radius 3 is 2.93 bits per heavy atom. The van der Waals surface area contributed by atoms with Crippen LogP contribution >= 0.6 is 0 Å². The molecule has 78 valence electrons. The van der Waals surface area contributed by atoms with Crippen molar-refractivity contribution in [3.8, 4) is 6.07 Å². The molecule has 0 radical (unpaired) electrons. The van der Waals surface area contributed by atoms with Gasteiger partial charge in [-0.25, -0.2) is 0 Å². The van der Waals surface area contributed by atoms with Crippen LogP contribution in [-0.4, -0.2) is 24.7 Å². The lowest BCUT2D eigenvalue weighted by Gasteiger charge is -2.16. The van der Waals surface area contributed by atoms with E-state index < -0.39 is 0 Å². The number of hydrogen-bond donors (Lipinski definition) is 1. The third kappa shape index (κ3) is 2.46. The van der Waals surface area contributed by atoms with Gasteiger partial charge in [-0.2, -0.15) is 5.26 Å². The van der Waals surface area contributed by atoms with Gasteiger partial charge in [0.2, 0.25) is 5.91 Å². The number of nitrogens with one attached hydrogen (secondary N) is 1. The van der Waals surface area contributed by atoms with Gasteiger partial charge >= 0.3 is 0 Å². The van der Waals surface area contributed by atoms with Gasteiger partial charge < -0.3 is 10.1 Å². The molecule has 0 aromatic carbocycles. The molecule has 0 aromatic heterocycles. The second-order valence-electron chi connectivity index (χ2n) is 3.57. The van der Waals surface area contributed by atoms with Crippen molar-refractivity contribution < 1.29 is 9.53 Å². The zero-order valence-corrected chi connectivity index (χ0v) is 8.62. The fourth-order valence-corrected chi connectivity index (χ4v) is 1.58. The fourth-order valence-electron chi connectivity index (χ4n) is 1.58. The normalized spacial score (nSPS) is 28.1. The molecule has 1 amide bonds. The molecule has 1 heterocycles. The SMILES string of the molecule is CCC(C#N)NC(=O)C1CCOC1C. The van der Waals surface area contributed by atoms with Crippen molar-refractivity contribution in [3.63, 3.8) is 0 Å². The molecule has 14 heavy (non-hydrogen) atoms. The predicted molar refractivity (Wildman–Crippen MR) is 51.4 cm³/mol. The topological polar surface area (TPSA) is 62.1 Å². The monoisotopic (exact) mass is 196 g/mol. The summed E-state index contributed by atoms with van der Waals surface area (Å²) in [5, 5.41) is 11.4. The zero-order chi connectivity index (χ0) is 10.6. The molecule has 1 saturated heterocycles. The highest BCUT2D eigenvalue weighted by Crippen LogP contribution is 2.20. The molecule has 4 heteroatoms. The predicted octanol–water partition coefficient (Wildman–Crippen LogP) is 0.830. The van der Waals surface area contributed by atoms with Gasteiger partial charge in [0.1, 0.15) is 6.04 Å². The van der Waals surface area contributed by atoms with E-state index in [0.717, 1.165) is 6.42 Å². The Labute approximate surface area is 84.2 Å². The number of ether oxygens (including phenoxy) is 1. The van der Waals surface area contributed by atoms with Crippen LogP contribution in [0.5, 0.6) is 0 Å². The van der Waals surface area contributed by atoms with Crippen molar-refractivity contribution in [2.75, 3.05) is 6.61 Å². The molecule has 0 aliphatic carbocycles. The first-order valence-electron chi connectivity index (χ1n) is 5.00. The molecule has 0 bridgehead atoms. The van der Waals surface area contributed by atoms with E-state index in [0.29, 0.717) is 13.0 Å². The van der Waals surface area contributed by atoms with Gasteiger partial charge in [-0.1, -0.05) is 6.92 Å². The van der Waals surface area contributed by atoms with Gasteiger partial charge in [0.15, 0.2) is 0 Å². The lowest BCUT2D eigenvalue weighted by atomic mass is 10.0. The summed E-state index contributed by atoms with van der Waals surface area (Å²) in [6.45, 7) is 4.41. The highest BCUT2D eigenvalue weighted by Gasteiger charge is 2.31. The van der Waals surface area contributed by atoms with Crippen LogP contribution in [0.2, 0.25) is 0 Å². The van der Waals surface area contributed by atoms with E-state index in [2.05, 4.69) is 5.32 Å². The highest BCUT2D eigenvalue weighted by molar-refractivity contribution is 5.80. The van der Waals surface area contributed by atoms with Crippen molar-refractivity contribution in [1.82, 2.24) is 5.32 Å². The zero-order valence-electron chi connectivity index (χ0n) is 8.62. The second-order valence-corrected chi connectivity index (χ2v) is 3.57.